The molecule has 0 aliphatic rings. The summed E-state index contributed by atoms with van der Waals surface area (Å²) in [5.41, 5.74) is 3.57. The van der Waals surface area contributed by atoms with Crippen molar-refractivity contribution in [3.05, 3.63) is 58.1 Å². The summed E-state index contributed by atoms with van der Waals surface area (Å²) in [5, 5.41) is 4.08. The van der Waals surface area contributed by atoms with E-state index >= 15 is 0 Å². The van der Waals surface area contributed by atoms with Crippen molar-refractivity contribution in [3.8, 4) is 11.5 Å². The van der Waals surface area contributed by atoms with E-state index in [1.54, 1.807) is 42.5 Å². The summed E-state index contributed by atoms with van der Waals surface area (Å²) in [6.45, 7) is 4.91. The van der Waals surface area contributed by atoms with Crippen LogP contribution in [0.3, 0.4) is 0 Å². The molecular weight excluding hydrogens is 544 g/mol. The van der Waals surface area contributed by atoms with Gasteiger partial charge >= 0.3 is 5.97 Å². The molecule has 0 aliphatic heterocycles. The second-order valence-electron chi connectivity index (χ2n) is 9.52. The molecule has 0 heterocycles. The van der Waals surface area contributed by atoms with Crippen LogP contribution in [0.5, 0.6) is 11.5 Å². The minimum absolute atomic E-state index is 0.115. The third-order valence-electron chi connectivity index (χ3n) is 6.14. The number of unbranched alkanes of at least 4 members (excludes halogenated alkanes) is 10. The van der Waals surface area contributed by atoms with E-state index < -0.39 is 5.97 Å². The van der Waals surface area contributed by atoms with E-state index in [9.17, 15) is 9.59 Å². The molecule has 0 aromatic heterocycles. The van der Waals surface area contributed by atoms with Crippen molar-refractivity contribution in [1.29, 1.82) is 0 Å². The van der Waals surface area contributed by atoms with Crippen molar-refractivity contribution in [1.82, 2.24) is 5.43 Å². The zero-order chi connectivity index (χ0) is 27.4. The molecule has 0 atom stereocenters. The molecule has 1 amide bonds. The lowest BCUT2D eigenvalue weighted by Gasteiger charge is -2.09. The van der Waals surface area contributed by atoms with Gasteiger partial charge in [0, 0.05) is 16.5 Å². The molecule has 6 nitrogen and oxygen atoms in total. The molecule has 7 heteroatoms. The topological polar surface area (TPSA) is 77.0 Å². The van der Waals surface area contributed by atoms with Gasteiger partial charge in [-0.1, -0.05) is 94.0 Å². The first kappa shape index (κ1) is 31.5. The van der Waals surface area contributed by atoms with Gasteiger partial charge in [0.25, 0.3) is 0 Å². The summed E-state index contributed by atoms with van der Waals surface area (Å²) in [6.07, 6.45) is 16.5. The normalized spacial score (nSPS) is 11.0. The molecule has 0 radical (unpaired) electrons. The molecule has 0 unspecified atom stereocenters. The quantitative estimate of drug-likeness (QED) is 0.0587. The summed E-state index contributed by atoms with van der Waals surface area (Å²) in [5.74, 6) is 0.470. The summed E-state index contributed by atoms with van der Waals surface area (Å²) < 4.78 is 12.0. The Morgan fingerprint density at radius 1 is 0.842 bits per heavy atom. The average molecular weight is 588 g/mol. The monoisotopic (exact) mass is 586 g/mol. The highest BCUT2D eigenvalue weighted by molar-refractivity contribution is 9.10. The van der Waals surface area contributed by atoms with Crippen molar-refractivity contribution >= 4 is 34.0 Å². The highest BCUT2D eigenvalue weighted by Crippen LogP contribution is 2.23. The molecule has 208 valence electrons. The van der Waals surface area contributed by atoms with Gasteiger partial charge in [0.15, 0.2) is 0 Å². The van der Waals surface area contributed by atoms with Gasteiger partial charge in [-0.2, -0.15) is 5.10 Å². The smallest absolute Gasteiger partial charge is 0.343 e. The van der Waals surface area contributed by atoms with Crippen LogP contribution in [0.4, 0.5) is 0 Å². The first-order chi connectivity index (χ1) is 18.5. The Hall–Kier alpha value is -2.67. The average Bonchev–Trinajstić information content (AvgIpc) is 2.92. The van der Waals surface area contributed by atoms with Crippen LogP contribution in [0.25, 0.3) is 0 Å². The minimum atomic E-state index is -0.482. The maximum atomic E-state index is 12.7. The summed E-state index contributed by atoms with van der Waals surface area (Å²) >= 11 is 3.43. The lowest BCUT2D eigenvalue weighted by atomic mass is 10.1. The van der Waals surface area contributed by atoms with Gasteiger partial charge in [-0.25, -0.2) is 10.2 Å². The van der Waals surface area contributed by atoms with Crippen LogP contribution in [0, 0.1) is 0 Å². The van der Waals surface area contributed by atoms with E-state index in [1.807, 2.05) is 6.92 Å². The number of rotatable bonds is 19. The molecule has 0 spiro atoms. The van der Waals surface area contributed by atoms with E-state index in [1.165, 1.54) is 64.0 Å². The minimum Gasteiger partial charge on any atom is -0.494 e. The number of halogens is 1. The SMILES string of the molecule is CCCCCCCCCCCCCC(=O)N/N=C\c1cc(Br)ccc1OC(=O)c1ccc(OCCC)cc1. The second kappa shape index (κ2) is 19.4. The maximum Gasteiger partial charge on any atom is 0.343 e. The molecule has 0 saturated carbocycles. The van der Waals surface area contributed by atoms with E-state index in [2.05, 4.69) is 33.4 Å². The Balaban J connectivity index is 1.73. The molecule has 2 aromatic carbocycles. The molecule has 2 rings (SSSR count). The van der Waals surface area contributed by atoms with Gasteiger partial charge in [0.1, 0.15) is 11.5 Å². The Kier molecular flexibility index (Phi) is 16.1. The fraction of sp³-hybridized carbons (Fsp3) is 0.516. The van der Waals surface area contributed by atoms with E-state index in [0.29, 0.717) is 35.7 Å². The van der Waals surface area contributed by atoms with Crippen molar-refractivity contribution in [2.24, 2.45) is 5.10 Å². The van der Waals surface area contributed by atoms with Gasteiger partial charge in [-0.3, -0.25) is 4.79 Å². The third-order valence-corrected chi connectivity index (χ3v) is 6.63. The summed E-state index contributed by atoms with van der Waals surface area (Å²) in [6, 6.07) is 12.1. The predicted molar refractivity (Wildman–Crippen MR) is 158 cm³/mol. The molecule has 0 bridgehead atoms. The van der Waals surface area contributed by atoms with Crippen molar-refractivity contribution < 1.29 is 19.1 Å². The van der Waals surface area contributed by atoms with Gasteiger partial charge in [-0.15, -0.1) is 0 Å². The van der Waals surface area contributed by atoms with Crippen molar-refractivity contribution in [3.63, 3.8) is 0 Å². The fourth-order valence-corrected chi connectivity index (χ4v) is 4.34. The van der Waals surface area contributed by atoms with E-state index in [-0.39, 0.29) is 5.91 Å². The van der Waals surface area contributed by atoms with Crippen molar-refractivity contribution in [2.75, 3.05) is 6.61 Å². The van der Waals surface area contributed by atoms with Crippen LogP contribution in [-0.2, 0) is 4.79 Å². The zero-order valence-electron chi connectivity index (χ0n) is 23.0. The predicted octanol–water partition coefficient (Wildman–Crippen LogP) is 8.61. The number of hydrogen-bond donors (Lipinski definition) is 1. The van der Waals surface area contributed by atoms with Crippen LogP contribution < -0.4 is 14.9 Å². The second-order valence-corrected chi connectivity index (χ2v) is 10.4. The lowest BCUT2D eigenvalue weighted by Crippen LogP contribution is -2.17. The van der Waals surface area contributed by atoms with Crippen LogP contribution in [0.2, 0.25) is 0 Å². The van der Waals surface area contributed by atoms with Crippen LogP contribution in [0.1, 0.15) is 113 Å². The first-order valence-electron chi connectivity index (χ1n) is 14.1. The highest BCUT2D eigenvalue weighted by Gasteiger charge is 2.12. The van der Waals surface area contributed by atoms with Crippen molar-refractivity contribution in [2.45, 2.75) is 97.3 Å². The molecule has 2 aromatic rings. The standard InChI is InChI=1S/C31H43BrN2O4/c1-3-5-6-7-8-9-10-11-12-13-14-15-30(35)34-33-24-26-23-27(32)18-21-29(26)38-31(36)25-16-19-28(20-17-25)37-22-4-2/h16-21,23-24H,3-15,22H2,1-2H3,(H,34,35)/b33-24-. The highest BCUT2D eigenvalue weighted by atomic mass is 79.9. The molecule has 38 heavy (non-hydrogen) atoms. The number of hydrogen-bond acceptors (Lipinski definition) is 5. The number of nitrogens with one attached hydrogen (secondary N) is 1. The van der Waals surface area contributed by atoms with E-state index in [4.69, 9.17) is 9.47 Å². The summed E-state index contributed by atoms with van der Waals surface area (Å²) in [4.78, 5) is 24.8. The number of carbonyl (C=O) groups excluding carboxylic acids is 2. The Morgan fingerprint density at radius 3 is 2.11 bits per heavy atom. The number of nitrogens with zero attached hydrogens (tertiary/aromatic N) is 1. The number of esters is 1. The van der Waals surface area contributed by atoms with Gasteiger partial charge in [0.05, 0.1) is 18.4 Å². The molecule has 0 saturated heterocycles. The zero-order valence-corrected chi connectivity index (χ0v) is 24.6. The maximum absolute atomic E-state index is 12.7. The molecule has 0 fully saturated rings. The number of amides is 1. The number of benzene rings is 2. The molecular formula is C31H43BrN2O4. The van der Waals surface area contributed by atoms with Crippen LogP contribution in [0.15, 0.2) is 52.0 Å². The number of ether oxygens (including phenoxy) is 2. The van der Waals surface area contributed by atoms with Crippen LogP contribution in [-0.4, -0.2) is 24.7 Å². The fourth-order valence-electron chi connectivity index (χ4n) is 3.96. The molecule has 1 N–H and O–H groups in total. The summed E-state index contributed by atoms with van der Waals surface area (Å²) in [7, 11) is 0. The number of hydrazone groups is 1. The molecule has 0 aliphatic carbocycles. The van der Waals surface area contributed by atoms with Crippen LogP contribution >= 0.6 is 15.9 Å². The van der Waals surface area contributed by atoms with E-state index in [0.717, 1.165) is 23.7 Å². The lowest BCUT2D eigenvalue weighted by molar-refractivity contribution is -0.121. The van der Waals surface area contributed by atoms with Gasteiger partial charge < -0.3 is 9.47 Å². The van der Waals surface area contributed by atoms with Gasteiger partial charge in [0.2, 0.25) is 5.91 Å². The Morgan fingerprint density at radius 2 is 1.47 bits per heavy atom. The van der Waals surface area contributed by atoms with Gasteiger partial charge in [-0.05, 0) is 55.3 Å². The Bertz CT molecular complexity index is 992. The Labute approximate surface area is 236 Å². The number of carbonyl (C=O) groups is 2. The third kappa shape index (κ3) is 13.2. The first-order valence-corrected chi connectivity index (χ1v) is 14.9. The largest absolute Gasteiger partial charge is 0.494 e.